The van der Waals surface area contributed by atoms with Gasteiger partial charge in [0.15, 0.2) is 0 Å². The van der Waals surface area contributed by atoms with E-state index in [2.05, 4.69) is 25.2 Å². The summed E-state index contributed by atoms with van der Waals surface area (Å²) in [5.74, 6) is 0.707. The molecule has 0 aromatic carbocycles. The van der Waals surface area contributed by atoms with Gasteiger partial charge in [-0.1, -0.05) is 13.8 Å². The van der Waals surface area contributed by atoms with Crippen molar-refractivity contribution in [2.24, 2.45) is 5.92 Å². The molecule has 4 heteroatoms. The zero-order valence-electron chi connectivity index (χ0n) is 10.2. The Labute approximate surface area is 97.6 Å². The molecule has 0 aromatic rings. The van der Waals surface area contributed by atoms with Gasteiger partial charge >= 0.3 is 0 Å². The van der Waals surface area contributed by atoms with Crippen LogP contribution in [-0.2, 0) is 4.79 Å². The van der Waals surface area contributed by atoms with Crippen LogP contribution in [0, 0.1) is 17.2 Å². The normalized spacial score (nSPS) is 22.0. The van der Waals surface area contributed by atoms with Gasteiger partial charge in [0, 0.05) is 13.1 Å². The van der Waals surface area contributed by atoms with E-state index in [0.717, 1.165) is 32.5 Å². The van der Waals surface area contributed by atoms with Crippen molar-refractivity contribution in [2.75, 3.05) is 19.6 Å². The first-order valence-electron chi connectivity index (χ1n) is 6.04. The summed E-state index contributed by atoms with van der Waals surface area (Å²) >= 11 is 0. The smallest absolute Gasteiger partial charge is 0.240 e. The van der Waals surface area contributed by atoms with Crippen LogP contribution in [0.3, 0.4) is 0 Å². The molecule has 0 bridgehead atoms. The molecule has 1 atom stereocenters. The van der Waals surface area contributed by atoms with E-state index >= 15 is 0 Å². The first kappa shape index (κ1) is 13.0. The Morgan fingerprint density at radius 3 is 3.00 bits per heavy atom. The first-order chi connectivity index (χ1) is 7.65. The average Bonchev–Trinajstić information content (AvgIpc) is 2.40. The largest absolute Gasteiger partial charge is 0.341 e. The third kappa shape index (κ3) is 3.82. The van der Waals surface area contributed by atoms with E-state index in [9.17, 15) is 4.79 Å². The minimum absolute atomic E-state index is 0.0969. The van der Waals surface area contributed by atoms with Gasteiger partial charge in [0.05, 0.1) is 18.5 Å². The summed E-state index contributed by atoms with van der Waals surface area (Å²) in [7, 11) is 0. The molecule has 0 spiro atoms. The van der Waals surface area contributed by atoms with E-state index < -0.39 is 0 Å². The highest BCUT2D eigenvalue weighted by Gasteiger charge is 2.25. The lowest BCUT2D eigenvalue weighted by atomic mass is 10.1. The molecule has 1 aliphatic heterocycles. The van der Waals surface area contributed by atoms with E-state index in [1.807, 2.05) is 4.90 Å². The fourth-order valence-corrected chi connectivity index (χ4v) is 1.85. The lowest BCUT2D eigenvalue weighted by molar-refractivity contribution is -0.132. The molecule has 0 radical (unpaired) electrons. The molecule has 1 N–H and O–H groups in total. The fraction of sp³-hybridized carbons (Fsp3) is 0.833. The predicted octanol–water partition coefficient (Wildman–Crippen LogP) is 1.14. The van der Waals surface area contributed by atoms with Crippen molar-refractivity contribution < 1.29 is 4.79 Å². The Morgan fingerprint density at radius 2 is 2.38 bits per heavy atom. The fourth-order valence-electron chi connectivity index (χ4n) is 1.85. The minimum atomic E-state index is -0.292. The molecule has 90 valence electrons. The molecule has 1 unspecified atom stereocenters. The maximum absolute atomic E-state index is 12.1. The van der Waals surface area contributed by atoms with Crippen LogP contribution in [0.25, 0.3) is 0 Å². The minimum Gasteiger partial charge on any atom is -0.341 e. The van der Waals surface area contributed by atoms with Gasteiger partial charge in [-0.3, -0.25) is 4.79 Å². The second-order valence-corrected chi connectivity index (χ2v) is 4.73. The lowest BCUT2D eigenvalue weighted by Crippen LogP contribution is -2.43. The Balaban J connectivity index is 2.54. The summed E-state index contributed by atoms with van der Waals surface area (Å²) in [6.07, 6.45) is 2.29. The number of carbonyl (C=O) groups is 1. The molecule has 1 saturated heterocycles. The van der Waals surface area contributed by atoms with Crippen LogP contribution in [0.15, 0.2) is 0 Å². The SMILES string of the molecule is CC(C)CCN1CCCNC(CC#N)C1=O. The third-order valence-corrected chi connectivity index (χ3v) is 2.88. The molecule has 1 rings (SSSR count). The summed E-state index contributed by atoms with van der Waals surface area (Å²) in [5, 5.41) is 11.8. The zero-order valence-corrected chi connectivity index (χ0v) is 10.2. The van der Waals surface area contributed by atoms with Crippen LogP contribution < -0.4 is 5.32 Å². The molecular weight excluding hydrogens is 202 g/mol. The maximum atomic E-state index is 12.1. The van der Waals surface area contributed by atoms with E-state index in [1.54, 1.807) is 0 Å². The molecule has 1 heterocycles. The topological polar surface area (TPSA) is 56.1 Å². The van der Waals surface area contributed by atoms with Crippen molar-refractivity contribution in [3.8, 4) is 6.07 Å². The predicted molar refractivity (Wildman–Crippen MR) is 62.7 cm³/mol. The number of carbonyl (C=O) groups excluding carboxylic acids is 1. The number of rotatable bonds is 4. The van der Waals surface area contributed by atoms with E-state index in [0.29, 0.717) is 5.92 Å². The summed E-state index contributed by atoms with van der Waals surface area (Å²) in [6.45, 7) is 6.79. The van der Waals surface area contributed by atoms with Gasteiger partial charge in [0.25, 0.3) is 0 Å². The Morgan fingerprint density at radius 1 is 1.62 bits per heavy atom. The van der Waals surface area contributed by atoms with E-state index in [-0.39, 0.29) is 18.4 Å². The summed E-state index contributed by atoms with van der Waals surface area (Å²) in [5.41, 5.74) is 0. The Bertz CT molecular complexity index is 270. The number of hydrogen-bond donors (Lipinski definition) is 1. The quantitative estimate of drug-likeness (QED) is 0.777. The summed E-state index contributed by atoms with van der Waals surface area (Å²) in [4.78, 5) is 14.0. The van der Waals surface area contributed by atoms with Gasteiger partial charge in [-0.25, -0.2) is 0 Å². The van der Waals surface area contributed by atoms with E-state index in [1.165, 1.54) is 0 Å². The standard InChI is InChI=1S/C12H21N3O/c1-10(2)5-9-15-8-3-7-14-11(4-6-13)12(15)16/h10-11,14H,3-5,7-9H2,1-2H3. The Kier molecular flexibility index (Phi) is 5.27. The number of amides is 1. The van der Waals surface area contributed by atoms with Crippen LogP contribution >= 0.6 is 0 Å². The monoisotopic (exact) mass is 223 g/mol. The van der Waals surface area contributed by atoms with Crippen LogP contribution in [0.2, 0.25) is 0 Å². The van der Waals surface area contributed by atoms with Crippen LogP contribution in [0.5, 0.6) is 0 Å². The van der Waals surface area contributed by atoms with Crippen molar-refractivity contribution in [3.63, 3.8) is 0 Å². The highest BCUT2D eigenvalue weighted by molar-refractivity contribution is 5.82. The van der Waals surface area contributed by atoms with Crippen molar-refractivity contribution in [1.29, 1.82) is 5.26 Å². The first-order valence-corrected chi connectivity index (χ1v) is 6.04. The molecule has 0 saturated carbocycles. The molecule has 16 heavy (non-hydrogen) atoms. The van der Waals surface area contributed by atoms with Crippen LogP contribution in [-0.4, -0.2) is 36.5 Å². The van der Waals surface area contributed by atoms with Crippen molar-refractivity contribution >= 4 is 5.91 Å². The van der Waals surface area contributed by atoms with Gasteiger partial charge < -0.3 is 10.2 Å². The molecular formula is C12H21N3O. The van der Waals surface area contributed by atoms with Crippen LogP contribution in [0.4, 0.5) is 0 Å². The van der Waals surface area contributed by atoms with Crippen molar-refractivity contribution in [2.45, 2.75) is 39.2 Å². The number of nitriles is 1. The highest BCUT2D eigenvalue weighted by atomic mass is 16.2. The zero-order chi connectivity index (χ0) is 12.0. The second-order valence-electron chi connectivity index (χ2n) is 4.73. The second kappa shape index (κ2) is 6.49. The van der Waals surface area contributed by atoms with Crippen LogP contribution in [0.1, 0.15) is 33.1 Å². The van der Waals surface area contributed by atoms with E-state index in [4.69, 9.17) is 5.26 Å². The molecule has 1 aliphatic rings. The number of nitrogens with one attached hydrogen (secondary N) is 1. The Hall–Kier alpha value is -1.08. The highest BCUT2D eigenvalue weighted by Crippen LogP contribution is 2.09. The third-order valence-electron chi connectivity index (χ3n) is 2.88. The average molecular weight is 223 g/mol. The summed E-state index contributed by atoms with van der Waals surface area (Å²) in [6, 6.07) is 1.78. The van der Waals surface area contributed by atoms with Crippen molar-refractivity contribution in [1.82, 2.24) is 10.2 Å². The summed E-state index contributed by atoms with van der Waals surface area (Å²) < 4.78 is 0. The lowest BCUT2D eigenvalue weighted by Gasteiger charge is -2.24. The number of hydrogen-bond acceptors (Lipinski definition) is 3. The molecule has 1 fully saturated rings. The van der Waals surface area contributed by atoms with Gasteiger partial charge in [0.2, 0.25) is 5.91 Å². The molecule has 0 aliphatic carbocycles. The molecule has 0 aromatic heterocycles. The molecule has 4 nitrogen and oxygen atoms in total. The van der Waals surface area contributed by atoms with Crippen molar-refractivity contribution in [3.05, 3.63) is 0 Å². The number of nitrogens with zero attached hydrogens (tertiary/aromatic N) is 2. The van der Waals surface area contributed by atoms with Gasteiger partial charge in [0.1, 0.15) is 0 Å². The van der Waals surface area contributed by atoms with Gasteiger partial charge in [-0.2, -0.15) is 5.26 Å². The maximum Gasteiger partial charge on any atom is 0.240 e. The molecule has 1 amide bonds. The van der Waals surface area contributed by atoms with Gasteiger partial charge in [-0.05, 0) is 25.3 Å². The van der Waals surface area contributed by atoms with Gasteiger partial charge in [-0.15, -0.1) is 0 Å².